The highest BCUT2D eigenvalue weighted by molar-refractivity contribution is 6.30. The molecule has 0 saturated carbocycles. The van der Waals surface area contributed by atoms with Gasteiger partial charge in [0.25, 0.3) is 12.3 Å². The van der Waals surface area contributed by atoms with Crippen molar-refractivity contribution in [3.63, 3.8) is 0 Å². The number of ether oxygens (including phenoxy) is 1. The lowest BCUT2D eigenvalue weighted by atomic mass is 10.2. The Morgan fingerprint density at radius 2 is 1.81 bits per heavy atom. The predicted molar refractivity (Wildman–Crippen MR) is 125 cm³/mol. The van der Waals surface area contributed by atoms with Crippen molar-refractivity contribution >= 4 is 35.2 Å². The van der Waals surface area contributed by atoms with Crippen molar-refractivity contribution in [3.05, 3.63) is 65.2 Å². The number of carbonyl (C=O) groups excluding carboxylic acids is 2. The molecule has 4 heterocycles. The zero-order chi connectivity index (χ0) is 26.5. The molecule has 0 unspecified atom stereocenters. The second-order valence-electron chi connectivity index (χ2n) is 7.34. The van der Waals surface area contributed by atoms with Gasteiger partial charge in [0.1, 0.15) is 17.0 Å². The average Bonchev–Trinajstić information content (AvgIpc) is 3.24. The largest absolute Gasteiger partial charge is 0.441 e. The van der Waals surface area contributed by atoms with E-state index >= 15 is 0 Å². The highest BCUT2D eigenvalue weighted by atomic mass is 35.5. The topological polar surface area (TPSA) is 163 Å². The highest BCUT2D eigenvalue weighted by Gasteiger charge is 2.21. The highest BCUT2D eigenvalue weighted by Crippen LogP contribution is 2.26. The number of carbonyl (C=O) groups is 2. The number of alkyl halides is 2. The van der Waals surface area contributed by atoms with Crippen molar-refractivity contribution in [2.45, 2.75) is 19.5 Å². The minimum absolute atomic E-state index is 0.0454. The molecule has 0 saturated heterocycles. The molecule has 190 valence electrons. The van der Waals surface area contributed by atoms with Gasteiger partial charge in [-0.3, -0.25) is 10.1 Å². The third kappa shape index (κ3) is 5.95. The SMILES string of the molecule is C[C@@H](OC(=O)Nc1c(-c2cnc(NC(=O)c3cnc(C(F)F)nc3)cn2)nnn1C)c1cccnc1Cl. The lowest BCUT2D eigenvalue weighted by molar-refractivity contribution is 0.102. The predicted octanol–water partition coefficient (Wildman–Crippen LogP) is 3.61. The summed E-state index contributed by atoms with van der Waals surface area (Å²) in [4.78, 5) is 43.9. The monoisotopic (exact) mass is 530 g/mol. The van der Waals surface area contributed by atoms with Crippen LogP contribution < -0.4 is 10.6 Å². The lowest BCUT2D eigenvalue weighted by Crippen LogP contribution is -2.18. The molecular formula is C21H17ClF2N10O3. The van der Waals surface area contributed by atoms with Crippen LogP contribution in [-0.4, -0.2) is 51.9 Å². The van der Waals surface area contributed by atoms with E-state index in [2.05, 4.69) is 45.9 Å². The first-order valence-corrected chi connectivity index (χ1v) is 10.8. The van der Waals surface area contributed by atoms with Crippen LogP contribution in [0.2, 0.25) is 5.15 Å². The Kier molecular flexibility index (Phi) is 7.52. The molecule has 0 fully saturated rings. The van der Waals surface area contributed by atoms with Gasteiger partial charge in [0, 0.05) is 31.2 Å². The maximum absolute atomic E-state index is 12.6. The van der Waals surface area contributed by atoms with E-state index < -0.39 is 30.4 Å². The minimum Gasteiger partial charge on any atom is -0.441 e. The van der Waals surface area contributed by atoms with Gasteiger partial charge >= 0.3 is 6.09 Å². The normalized spacial score (nSPS) is 11.7. The van der Waals surface area contributed by atoms with E-state index in [0.29, 0.717) is 5.56 Å². The van der Waals surface area contributed by atoms with Crippen molar-refractivity contribution in [1.82, 2.24) is 39.9 Å². The molecule has 4 aromatic heterocycles. The third-order valence-electron chi connectivity index (χ3n) is 4.82. The summed E-state index contributed by atoms with van der Waals surface area (Å²) in [5.74, 6) is -1.12. The quantitative estimate of drug-likeness (QED) is 0.337. The number of aromatic nitrogens is 8. The summed E-state index contributed by atoms with van der Waals surface area (Å²) in [6.45, 7) is 1.64. The Labute approximate surface area is 212 Å². The fourth-order valence-electron chi connectivity index (χ4n) is 2.99. The first kappa shape index (κ1) is 25.4. The summed E-state index contributed by atoms with van der Waals surface area (Å²) < 4.78 is 31.8. The Balaban J connectivity index is 1.43. The number of halogens is 3. The molecule has 4 aromatic rings. The van der Waals surface area contributed by atoms with Crippen molar-refractivity contribution < 1.29 is 23.1 Å². The van der Waals surface area contributed by atoms with Gasteiger partial charge in [-0.05, 0) is 13.0 Å². The van der Waals surface area contributed by atoms with E-state index in [1.165, 1.54) is 23.3 Å². The minimum atomic E-state index is -2.85. The molecule has 0 radical (unpaired) electrons. The summed E-state index contributed by atoms with van der Waals surface area (Å²) in [5.41, 5.74) is 0.904. The van der Waals surface area contributed by atoms with Crippen LogP contribution in [0, 0.1) is 0 Å². The Hall–Kier alpha value is -4.66. The molecule has 0 aliphatic rings. The van der Waals surface area contributed by atoms with Gasteiger partial charge in [-0.2, -0.15) is 0 Å². The van der Waals surface area contributed by atoms with E-state index in [1.807, 2.05) is 0 Å². The maximum atomic E-state index is 12.6. The summed E-state index contributed by atoms with van der Waals surface area (Å²) in [6, 6.07) is 3.36. The van der Waals surface area contributed by atoms with Crippen LogP contribution in [0.25, 0.3) is 11.4 Å². The summed E-state index contributed by atoms with van der Waals surface area (Å²) in [5, 5.41) is 13.1. The zero-order valence-electron chi connectivity index (χ0n) is 19.1. The molecule has 16 heteroatoms. The molecule has 0 aliphatic carbocycles. The van der Waals surface area contributed by atoms with Crippen LogP contribution in [-0.2, 0) is 11.8 Å². The number of nitrogens with zero attached hydrogens (tertiary/aromatic N) is 8. The molecule has 0 spiro atoms. The fraction of sp³-hybridized carbons (Fsp3) is 0.190. The standard InChI is InChI=1S/C21H17ClF2N10O3/c1-10(12-4-3-5-25-16(12)22)37-21(36)31-19-15(32-33-34(19)2)13-8-27-14(9-26-13)30-20(35)11-6-28-18(17(23)24)29-7-11/h3-10,17H,1-2H3,(H,31,36)(H,27,30,35)/t10-/m1/s1. The van der Waals surface area contributed by atoms with Gasteiger partial charge in [0.15, 0.2) is 23.2 Å². The van der Waals surface area contributed by atoms with Crippen molar-refractivity contribution in [1.29, 1.82) is 0 Å². The van der Waals surface area contributed by atoms with Gasteiger partial charge in [0.2, 0.25) is 0 Å². The van der Waals surface area contributed by atoms with Crippen molar-refractivity contribution in [3.8, 4) is 11.4 Å². The van der Waals surface area contributed by atoms with Crippen LogP contribution in [0.5, 0.6) is 0 Å². The molecule has 2 amide bonds. The van der Waals surface area contributed by atoms with E-state index in [0.717, 1.165) is 12.4 Å². The van der Waals surface area contributed by atoms with Crippen LogP contribution in [0.4, 0.5) is 25.2 Å². The second-order valence-corrected chi connectivity index (χ2v) is 7.70. The molecule has 13 nitrogen and oxygen atoms in total. The molecule has 0 aliphatic heterocycles. The van der Waals surface area contributed by atoms with Gasteiger partial charge in [-0.15, -0.1) is 5.10 Å². The maximum Gasteiger partial charge on any atom is 0.413 e. The number of nitrogens with one attached hydrogen (secondary N) is 2. The Bertz CT molecular complexity index is 1420. The molecule has 2 N–H and O–H groups in total. The van der Waals surface area contributed by atoms with Crippen LogP contribution in [0.15, 0.2) is 43.1 Å². The van der Waals surface area contributed by atoms with E-state index in [9.17, 15) is 18.4 Å². The zero-order valence-corrected chi connectivity index (χ0v) is 19.9. The number of hydrogen-bond donors (Lipinski definition) is 2. The Morgan fingerprint density at radius 3 is 2.46 bits per heavy atom. The smallest absolute Gasteiger partial charge is 0.413 e. The third-order valence-corrected chi connectivity index (χ3v) is 5.14. The summed E-state index contributed by atoms with van der Waals surface area (Å²) in [6.07, 6.45) is 1.68. The number of aryl methyl sites for hydroxylation is 1. The molecule has 0 aromatic carbocycles. The first-order chi connectivity index (χ1) is 17.7. The number of hydrogen-bond acceptors (Lipinski definition) is 10. The van der Waals surface area contributed by atoms with Crippen LogP contribution in [0.3, 0.4) is 0 Å². The van der Waals surface area contributed by atoms with Gasteiger partial charge in [-0.25, -0.2) is 43.2 Å². The van der Waals surface area contributed by atoms with E-state index in [-0.39, 0.29) is 33.7 Å². The molecular weight excluding hydrogens is 514 g/mol. The molecule has 4 rings (SSSR count). The molecule has 0 bridgehead atoms. The van der Waals surface area contributed by atoms with Gasteiger partial charge < -0.3 is 10.1 Å². The molecule has 1 atom stereocenters. The lowest BCUT2D eigenvalue weighted by Gasteiger charge is -2.15. The van der Waals surface area contributed by atoms with Gasteiger partial charge in [-0.1, -0.05) is 22.9 Å². The summed E-state index contributed by atoms with van der Waals surface area (Å²) >= 11 is 6.05. The number of pyridine rings is 1. The van der Waals surface area contributed by atoms with Crippen LogP contribution >= 0.6 is 11.6 Å². The number of anilines is 2. The molecule has 37 heavy (non-hydrogen) atoms. The van der Waals surface area contributed by atoms with Crippen molar-refractivity contribution in [2.75, 3.05) is 10.6 Å². The number of rotatable bonds is 7. The van der Waals surface area contributed by atoms with E-state index in [1.54, 1.807) is 26.1 Å². The second kappa shape index (κ2) is 10.9. The average molecular weight is 531 g/mol. The van der Waals surface area contributed by atoms with Gasteiger partial charge in [0.05, 0.1) is 18.0 Å². The summed E-state index contributed by atoms with van der Waals surface area (Å²) in [7, 11) is 1.55. The number of amides is 2. The van der Waals surface area contributed by atoms with E-state index in [4.69, 9.17) is 16.3 Å². The van der Waals surface area contributed by atoms with Crippen molar-refractivity contribution in [2.24, 2.45) is 7.05 Å². The first-order valence-electron chi connectivity index (χ1n) is 10.4. The Morgan fingerprint density at radius 1 is 1.05 bits per heavy atom. The fourth-order valence-corrected chi connectivity index (χ4v) is 3.27. The van der Waals surface area contributed by atoms with Crippen LogP contribution in [0.1, 0.15) is 41.2 Å².